The average molecular weight is 180 g/mol. The minimum atomic E-state index is -0.0966. The molecule has 0 spiro atoms. The summed E-state index contributed by atoms with van der Waals surface area (Å²) >= 11 is 0. The van der Waals surface area contributed by atoms with Gasteiger partial charge in [-0.1, -0.05) is 5.16 Å². The fourth-order valence-corrected chi connectivity index (χ4v) is 1.41. The van der Waals surface area contributed by atoms with Gasteiger partial charge >= 0.3 is 0 Å². The zero-order chi connectivity index (χ0) is 9.42. The molecule has 0 unspecified atom stereocenters. The number of aryl methyl sites for hydroxylation is 1. The molecule has 1 aliphatic rings. The molecule has 70 valence electrons. The molecule has 13 heavy (non-hydrogen) atoms. The molecule has 4 heteroatoms. The molecular formula is C9H12N2O2. The Morgan fingerprint density at radius 3 is 2.85 bits per heavy atom. The summed E-state index contributed by atoms with van der Waals surface area (Å²) in [7, 11) is 1.62. The number of aromatic nitrogens is 1. The summed E-state index contributed by atoms with van der Waals surface area (Å²) in [5.41, 5.74) is 1.31. The van der Waals surface area contributed by atoms with Gasteiger partial charge in [0, 0.05) is 13.0 Å². The third-order valence-electron chi connectivity index (χ3n) is 2.29. The van der Waals surface area contributed by atoms with Gasteiger partial charge in [0.25, 0.3) is 5.91 Å². The fourth-order valence-electron chi connectivity index (χ4n) is 1.41. The molecule has 1 heterocycles. The molecule has 0 aliphatic heterocycles. The third kappa shape index (κ3) is 1.32. The van der Waals surface area contributed by atoms with Crippen LogP contribution in [0.1, 0.15) is 40.6 Å². The van der Waals surface area contributed by atoms with Gasteiger partial charge in [-0.25, -0.2) is 0 Å². The Morgan fingerprint density at radius 1 is 1.62 bits per heavy atom. The van der Waals surface area contributed by atoms with Crippen molar-refractivity contribution in [3.63, 3.8) is 0 Å². The van der Waals surface area contributed by atoms with Gasteiger partial charge in [0.2, 0.25) is 0 Å². The normalized spacial score (nSPS) is 15.8. The Labute approximate surface area is 76.3 Å². The molecule has 0 atom stereocenters. The van der Waals surface area contributed by atoms with Crippen molar-refractivity contribution in [2.75, 3.05) is 7.05 Å². The van der Waals surface area contributed by atoms with Gasteiger partial charge in [-0.05, 0) is 19.8 Å². The van der Waals surface area contributed by atoms with E-state index < -0.39 is 0 Å². The van der Waals surface area contributed by atoms with E-state index >= 15 is 0 Å². The smallest absolute Gasteiger partial charge is 0.256 e. The zero-order valence-electron chi connectivity index (χ0n) is 7.76. The second-order valence-corrected chi connectivity index (χ2v) is 3.36. The van der Waals surface area contributed by atoms with Crippen LogP contribution in [0.15, 0.2) is 4.52 Å². The van der Waals surface area contributed by atoms with Crippen LogP contribution in [-0.4, -0.2) is 18.1 Å². The van der Waals surface area contributed by atoms with Gasteiger partial charge in [-0.2, -0.15) is 0 Å². The molecule has 1 N–H and O–H groups in total. The van der Waals surface area contributed by atoms with Crippen LogP contribution < -0.4 is 5.32 Å². The van der Waals surface area contributed by atoms with Gasteiger partial charge in [-0.3, -0.25) is 4.79 Å². The summed E-state index contributed by atoms with van der Waals surface area (Å²) in [6, 6.07) is 0. The minimum Gasteiger partial charge on any atom is -0.360 e. The number of hydrogen-bond acceptors (Lipinski definition) is 3. The number of amides is 1. The monoisotopic (exact) mass is 180 g/mol. The Balaban J connectivity index is 2.39. The van der Waals surface area contributed by atoms with Crippen molar-refractivity contribution in [3.8, 4) is 0 Å². The molecule has 0 bridgehead atoms. The summed E-state index contributed by atoms with van der Waals surface area (Å²) < 4.78 is 5.13. The van der Waals surface area contributed by atoms with Crippen molar-refractivity contribution >= 4 is 5.91 Å². The highest BCUT2D eigenvalue weighted by molar-refractivity contribution is 5.96. The van der Waals surface area contributed by atoms with Crippen molar-refractivity contribution in [1.82, 2.24) is 10.5 Å². The van der Waals surface area contributed by atoms with E-state index in [9.17, 15) is 4.79 Å². The summed E-state index contributed by atoms with van der Waals surface area (Å²) in [5.74, 6) is 1.09. The van der Waals surface area contributed by atoms with Crippen LogP contribution in [0.5, 0.6) is 0 Å². The lowest BCUT2D eigenvalue weighted by Gasteiger charge is -1.98. The standard InChI is InChI=1S/C9H12N2O2/c1-5-7(9(12)10-2)8(13-11-5)6-3-4-6/h6H,3-4H2,1-2H3,(H,10,12). The van der Waals surface area contributed by atoms with Crippen LogP contribution in [0.2, 0.25) is 0 Å². The third-order valence-corrected chi connectivity index (χ3v) is 2.29. The minimum absolute atomic E-state index is 0.0966. The van der Waals surface area contributed by atoms with E-state index in [0.29, 0.717) is 17.2 Å². The average Bonchev–Trinajstić information content (AvgIpc) is 2.89. The first-order valence-electron chi connectivity index (χ1n) is 4.42. The molecule has 2 rings (SSSR count). The summed E-state index contributed by atoms with van der Waals surface area (Å²) in [6.45, 7) is 1.79. The van der Waals surface area contributed by atoms with Crippen molar-refractivity contribution in [1.29, 1.82) is 0 Å². The van der Waals surface area contributed by atoms with Gasteiger partial charge in [0.05, 0.1) is 5.69 Å². The maximum atomic E-state index is 11.4. The molecule has 1 fully saturated rings. The predicted octanol–water partition coefficient (Wildman–Crippen LogP) is 1.22. The van der Waals surface area contributed by atoms with E-state index in [0.717, 1.165) is 18.6 Å². The summed E-state index contributed by atoms with van der Waals surface area (Å²) in [4.78, 5) is 11.4. The predicted molar refractivity (Wildman–Crippen MR) is 46.6 cm³/mol. The lowest BCUT2D eigenvalue weighted by molar-refractivity contribution is 0.0960. The second kappa shape index (κ2) is 2.87. The highest BCUT2D eigenvalue weighted by atomic mass is 16.5. The van der Waals surface area contributed by atoms with Gasteiger partial charge in [0.15, 0.2) is 5.76 Å². The molecular weight excluding hydrogens is 168 g/mol. The van der Waals surface area contributed by atoms with Crippen LogP contribution >= 0.6 is 0 Å². The van der Waals surface area contributed by atoms with Crippen LogP contribution in [0, 0.1) is 6.92 Å². The number of carbonyl (C=O) groups is 1. The highest BCUT2D eigenvalue weighted by Crippen LogP contribution is 2.42. The first kappa shape index (κ1) is 8.29. The van der Waals surface area contributed by atoms with E-state index in [1.54, 1.807) is 14.0 Å². The fraction of sp³-hybridized carbons (Fsp3) is 0.556. The molecule has 1 amide bonds. The zero-order valence-corrected chi connectivity index (χ0v) is 7.76. The Kier molecular flexibility index (Phi) is 1.83. The van der Waals surface area contributed by atoms with Gasteiger partial charge in [-0.15, -0.1) is 0 Å². The SMILES string of the molecule is CNC(=O)c1c(C)noc1C1CC1. The van der Waals surface area contributed by atoms with Gasteiger partial charge in [0.1, 0.15) is 5.56 Å². The number of nitrogens with one attached hydrogen (secondary N) is 1. The van der Waals surface area contributed by atoms with E-state index in [2.05, 4.69) is 10.5 Å². The van der Waals surface area contributed by atoms with Crippen molar-refractivity contribution in [2.45, 2.75) is 25.7 Å². The summed E-state index contributed by atoms with van der Waals surface area (Å²) in [5, 5.41) is 6.40. The van der Waals surface area contributed by atoms with Crippen LogP contribution in [0.4, 0.5) is 0 Å². The lowest BCUT2D eigenvalue weighted by Crippen LogP contribution is -2.19. The Bertz CT molecular complexity index is 339. The summed E-state index contributed by atoms with van der Waals surface area (Å²) in [6.07, 6.45) is 2.22. The van der Waals surface area contributed by atoms with E-state index in [1.807, 2.05) is 0 Å². The van der Waals surface area contributed by atoms with Crippen molar-refractivity contribution in [2.24, 2.45) is 0 Å². The van der Waals surface area contributed by atoms with Crippen LogP contribution in [0.3, 0.4) is 0 Å². The van der Waals surface area contributed by atoms with E-state index in [4.69, 9.17) is 4.52 Å². The number of hydrogen-bond donors (Lipinski definition) is 1. The van der Waals surface area contributed by atoms with Crippen molar-refractivity contribution in [3.05, 3.63) is 17.0 Å². The Hall–Kier alpha value is -1.32. The molecule has 0 radical (unpaired) electrons. The van der Waals surface area contributed by atoms with Gasteiger partial charge < -0.3 is 9.84 Å². The first-order chi connectivity index (χ1) is 6.24. The molecule has 1 aromatic heterocycles. The maximum Gasteiger partial charge on any atom is 0.256 e. The van der Waals surface area contributed by atoms with E-state index in [-0.39, 0.29) is 5.91 Å². The second-order valence-electron chi connectivity index (χ2n) is 3.36. The quantitative estimate of drug-likeness (QED) is 0.744. The molecule has 0 aromatic carbocycles. The van der Waals surface area contributed by atoms with Crippen LogP contribution in [-0.2, 0) is 0 Å². The molecule has 0 saturated heterocycles. The number of carbonyl (C=O) groups excluding carboxylic acids is 1. The largest absolute Gasteiger partial charge is 0.360 e. The molecule has 1 saturated carbocycles. The van der Waals surface area contributed by atoms with Crippen LogP contribution in [0.25, 0.3) is 0 Å². The highest BCUT2D eigenvalue weighted by Gasteiger charge is 2.33. The topological polar surface area (TPSA) is 55.1 Å². The lowest BCUT2D eigenvalue weighted by atomic mass is 10.1. The first-order valence-corrected chi connectivity index (χ1v) is 4.42. The Morgan fingerprint density at radius 2 is 2.31 bits per heavy atom. The van der Waals surface area contributed by atoms with Crippen molar-refractivity contribution < 1.29 is 9.32 Å². The number of nitrogens with zero attached hydrogens (tertiary/aromatic N) is 1. The molecule has 4 nitrogen and oxygen atoms in total. The maximum absolute atomic E-state index is 11.4. The van der Waals surface area contributed by atoms with E-state index in [1.165, 1.54) is 0 Å². The molecule has 1 aromatic rings. The number of rotatable bonds is 2. The molecule has 1 aliphatic carbocycles.